The highest BCUT2D eigenvalue weighted by atomic mass is 35.5. The Hall–Kier alpha value is -2.86. The molecule has 0 fully saturated rings. The number of primary amides is 1. The van der Waals surface area contributed by atoms with Crippen molar-refractivity contribution in [2.45, 2.75) is 6.92 Å². The number of carbonyl (C=O) groups is 1. The van der Waals surface area contributed by atoms with Crippen molar-refractivity contribution < 1.29 is 4.79 Å². The number of benzene rings is 2. The Balaban J connectivity index is 2.15. The zero-order chi connectivity index (χ0) is 16.4. The number of hydrogen-bond donors (Lipinski definition) is 2. The zero-order valence-corrected chi connectivity index (χ0v) is 13.1. The fraction of sp³-hybridized carbons (Fsp3) is 0.0625. The molecule has 1 aromatic heterocycles. The van der Waals surface area contributed by atoms with Crippen molar-refractivity contribution in [3.8, 4) is 17.1 Å². The molecular formula is C16H14ClN5O. The molecule has 0 radical (unpaired) electrons. The van der Waals surface area contributed by atoms with Crippen LogP contribution < -0.4 is 11.1 Å². The highest BCUT2D eigenvalue weighted by Crippen LogP contribution is 2.25. The van der Waals surface area contributed by atoms with Gasteiger partial charge in [-0.3, -0.25) is 5.32 Å². The van der Waals surface area contributed by atoms with Gasteiger partial charge in [0.1, 0.15) is 0 Å². The summed E-state index contributed by atoms with van der Waals surface area (Å²) in [7, 11) is 0. The van der Waals surface area contributed by atoms with Crippen LogP contribution >= 0.6 is 11.6 Å². The number of carbonyl (C=O) groups excluding carboxylic acids is 1. The quantitative estimate of drug-likeness (QED) is 0.773. The normalized spacial score (nSPS) is 10.5. The van der Waals surface area contributed by atoms with E-state index in [1.807, 2.05) is 49.4 Å². The summed E-state index contributed by atoms with van der Waals surface area (Å²) in [4.78, 5) is 15.4. The number of anilines is 1. The molecule has 2 amide bonds. The number of rotatable bonds is 3. The Morgan fingerprint density at radius 3 is 2.61 bits per heavy atom. The van der Waals surface area contributed by atoms with Crippen LogP contribution in [0.5, 0.6) is 0 Å². The van der Waals surface area contributed by atoms with E-state index >= 15 is 0 Å². The van der Waals surface area contributed by atoms with Crippen LogP contribution in [0.2, 0.25) is 5.02 Å². The van der Waals surface area contributed by atoms with E-state index < -0.39 is 6.03 Å². The van der Waals surface area contributed by atoms with E-state index in [4.69, 9.17) is 17.3 Å². The van der Waals surface area contributed by atoms with Gasteiger partial charge in [0.05, 0.1) is 5.69 Å². The maximum atomic E-state index is 11.1. The molecule has 0 aliphatic rings. The van der Waals surface area contributed by atoms with Gasteiger partial charge in [0.15, 0.2) is 5.82 Å². The molecule has 6 nitrogen and oxygen atoms in total. The van der Waals surface area contributed by atoms with Gasteiger partial charge in [0.25, 0.3) is 5.95 Å². The van der Waals surface area contributed by atoms with Gasteiger partial charge >= 0.3 is 6.03 Å². The van der Waals surface area contributed by atoms with Gasteiger partial charge < -0.3 is 5.73 Å². The topological polar surface area (TPSA) is 85.8 Å². The number of aromatic nitrogens is 3. The van der Waals surface area contributed by atoms with Crippen LogP contribution in [0.15, 0.2) is 48.5 Å². The highest BCUT2D eigenvalue weighted by molar-refractivity contribution is 6.31. The van der Waals surface area contributed by atoms with E-state index in [0.717, 1.165) is 16.8 Å². The Kier molecular flexibility index (Phi) is 3.99. The molecule has 0 atom stereocenters. The Morgan fingerprint density at radius 2 is 1.96 bits per heavy atom. The van der Waals surface area contributed by atoms with Gasteiger partial charge in [0.2, 0.25) is 0 Å². The molecule has 0 bridgehead atoms. The van der Waals surface area contributed by atoms with E-state index in [9.17, 15) is 4.79 Å². The van der Waals surface area contributed by atoms with E-state index in [0.29, 0.717) is 10.8 Å². The Labute approximate surface area is 137 Å². The lowest BCUT2D eigenvalue weighted by molar-refractivity contribution is 0.259. The van der Waals surface area contributed by atoms with E-state index in [2.05, 4.69) is 15.4 Å². The molecule has 3 N–H and O–H groups in total. The molecule has 0 aliphatic heterocycles. The van der Waals surface area contributed by atoms with Crippen LogP contribution in [0.4, 0.5) is 10.7 Å². The highest BCUT2D eigenvalue weighted by Gasteiger charge is 2.15. The number of amides is 2. The average Bonchev–Trinajstić information content (AvgIpc) is 2.94. The molecule has 23 heavy (non-hydrogen) atoms. The Morgan fingerprint density at radius 1 is 1.22 bits per heavy atom. The van der Waals surface area contributed by atoms with E-state index in [-0.39, 0.29) is 5.95 Å². The molecule has 0 unspecified atom stereocenters. The SMILES string of the molecule is Cc1ccc(-n2nc(NC(N)=O)nc2-c2ccccc2)cc1Cl. The number of nitrogens with one attached hydrogen (secondary N) is 1. The van der Waals surface area contributed by atoms with E-state index in [1.54, 1.807) is 10.7 Å². The minimum Gasteiger partial charge on any atom is -0.351 e. The van der Waals surface area contributed by atoms with Crippen molar-refractivity contribution in [3.05, 3.63) is 59.1 Å². The predicted octanol–water partition coefficient (Wildman–Crippen LogP) is 3.39. The lowest BCUT2D eigenvalue weighted by Crippen LogP contribution is -2.20. The predicted molar refractivity (Wildman–Crippen MR) is 89.7 cm³/mol. The zero-order valence-electron chi connectivity index (χ0n) is 12.3. The Bertz CT molecular complexity index is 860. The van der Waals surface area contributed by atoms with Crippen molar-refractivity contribution >= 4 is 23.6 Å². The fourth-order valence-corrected chi connectivity index (χ4v) is 2.32. The molecule has 2 aromatic carbocycles. The number of halogens is 1. The summed E-state index contributed by atoms with van der Waals surface area (Å²) in [5.74, 6) is 0.710. The molecule has 0 saturated carbocycles. The summed E-state index contributed by atoms with van der Waals surface area (Å²) < 4.78 is 1.62. The van der Waals surface area contributed by atoms with Crippen molar-refractivity contribution in [2.24, 2.45) is 5.73 Å². The van der Waals surface area contributed by atoms with Crippen LogP contribution in [-0.4, -0.2) is 20.8 Å². The molecule has 0 spiro atoms. The molecule has 0 saturated heterocycles. The van der Waals surface area contributed by atoms with Crippen molar-refractivity contribution in [1.29, 1.82) is 0 Å². The minimum absolute atomic E-state index is 0.132. The summed E-state index contributed by atoms with van der Waals surface area (Å²) in [6, 6.07) is 14.4. The molecule has 3 aromatic rings. The maximum absolute atomic E-state index is 11.1. The van der Waals surface area contributed by atoms with Gasteiger partial charge in [-0.15, -0.1) is 5.10 Å². The lowest BCUT2D eigenvalue weighted by Gasteiger charge is -2.07. The summed E-state index contributed by atoms with van der Waals surface area (Å²) in [6.45, 7) is 1.92. The number of urea groups is 1. The third-order valence-electron chi connectivity index (χ3n) is 3.27. The monoisotopic (exact) mass is 327 g/mol. The second-order valence-electron chi connectivity index (χ2n) is 4.96. The van der Waals surface area contributed by atoms with Gasteiger partial charge in [-0.2, -0.15) is 4.98 Å². The van der Waals surface area contributed by atoms with Crippen molar-refractivity contribution in [3.63, 3.8) is 0 Å². The third kappa shape index (κ3) is 3.17. The van der Waals surface area contributed by atoms with Crippen LogP contribution in [-0.2, 0) is 0 Å². The first kappa shape index (κ1) is 15.1. The first-order valence-corrected chi connectivity index (χ1v) is 7.28. The second-order valence-corrected chi connectivity index (χ2v) is 5.37. The second kappa shape index (κ2) is 6.10. The third-order valence-corrected chi connectivity index (χ3v) is 3.68. The van der Waals surface area contributed by atoms with Crippen molar-refractivity contribution in [2.75, 3.05) is 5.32 Å². The molecule has 7 heteroatoms. The van der Waals surface area contributed by atoms with E-state index in [1.165, 1.54) is 0 Å². The first-order valence-electron chi connectivity index (χ1n) is 6.90. The summed E-state index contributed by atoms with van der Waals surface area (Å²) >= 11 is 6.20. The van der Waals surface area contributed by atoms with Crippen LogP contribution in [0.25, 0.3) is 17.1 Å². The number of nitrogens with zero attached hydrogens (tertiary/aromatic N) is 3. The number of aryl methyl sites for hydroxylation is 1. The molecular weight excluding hydrogens is 314 g/mol. The molecule has 3 rings (SSSR count). The van der Waals surface area contributed by atoms with Gasteiger partial charge in [-0.25, -0.2) is 9.48 Å². The summed E-state index contributed by atoms with van der Waals surface area (Å²) in [5.41, 5.74) is 7.71. The maximum Gasteiger partial charge on any atom is 0.319 e. The fourth-order valence-electron chi connectivity index (χ4n) is 2.14. The van der Waals surface area contributed by atoms with Crippen LogP contribution in [0.3, 0.4) is 0 Å². The number of nitrogens with two attached hydrogens (primary N) is 1. The number of hydrogen-bond acceptors (Lipinski definition) is 3. The molecule has 1 heterocycles. The first-order chi connectivity index (χ1) is 11.0. The smallest absolute Gasteiger partial charge is 0.319 e. The molecule has 0 aliphatic carbocycles. The van der Waals surface area contributed by atoms with Gasteiger partial charge in [0, 0.05) is 10.6 Å². The summed E-state index contributed by atoms with van der Waals surface area (Å²) in [5, 5.41) is 7.32. The van der Waals surface area contributed by atoms with Crippen LogP contribution in [0.1, 0.15) is 5.56 Å². The average molecular weight is 328 g/mol. The summed E-state index contributed by atoms with van der Waals surface area (Å²) in [6.07, 6.45) is 0. The molecule has 116 valence electrons. The van der Waals surface area contributed by atoms with Gasteiger partial charge in [-0.1, -0.05) is 48.0 Å². The van der Waals surface area contributed by atoms with Gasteiger partial charge in [-0.05, 0) is 24.6 Å². The largest absolute Gasteiger partial charge is 0.351 e. The minimum atomic E-state index is -0.719. The standard InChI is InChI=1S/C16H14ClN5O/c1-10-7-8-12(9-13(10)17)22-14(11-5-3-2-4-6-11)19-16(21-22)20-15(18)23/h2-9H,1H3,(H3,18,20,21,23). The van der Waals surface area contributed by atoms with Crippen molar-refractivity contribution in [1.82, 2.24) is 14.8 Å². The van der Waals surface area contributed by atoms with Crippen LogP contribution in [0, 0.1) is 6.92 Å². The lowest BCUT2D eigenvalue weighted by atomic mass is 10.2.